The highest BCUT2D eigenvalue weighted by Crippen LogP contribution is 2.30. The van der Waals surface area contributed by atoms with Crippen molar-refractivity contribution in [3.63, 3.8) is 0 Å². The maximum atomic E-state index is 13.5. The first-order valence-electron chi connectivity index (χ1n) is 10.1. The van der Waals surface area contributed by atoms with Gasteiger partial charge in [-0.25, -0.2) is 13.4 Å². The van der Waals surface area contributed by atoms with Gasteiger partial charge >= 0.3 is 0 Å². The number of sulfonamides is 1. The lowest BCUT2D eigenvalue weighted by Crippen LogP contribution is -2.45. The largest absolute Gasteiger partial charge is 0.376 e. The molecule has 7 nitrogen and oxygen atoms in total. The lowest BCUT2D eigenvalue weighted by Gasteiger charge is -2.28. The van der Waals surface area contributed by atoms with Crippen LogP contribution in [0.15, 0.2) is 48.5 Å². The van der Waals surface area contributed by atoms with Crippen molar-refractivity contribution in [1.29, 1.82) is 0 Å². The molecule has 1 fully saturated rings. The molecule has 3 aromatic rings. The van der Waals surface area contributed by atoms with Crippen molar-refractivity contribution in [1.82, 2.24) is 4.98 Å². The van der Waals surface area contributed by atoms with Gasteiger partial charge in [-0.2, -0.15) is 0 Å². The molecule has 2 aromatic carbocycles. The summed E-state index contributed by atoms with van der Waals surface area (Å²) in [6.07, 6.45) is 2.85. The topological polar surface area (TPSA) is 79.8 Å². The van der Waals surface area contributed by atoms with Gasteiger partial charge in [0.05, 0.1) is 34.8 Å². The average molecular weight is 460 g/mol. The van der Waals surface area contributed by atoms with Crippen molar-refractivity contribution in [2.24, 2.45) is 0 Å². The standard InChI is InChI=1S/C22H25N3O4S2/c1-16-8-3-5-11-19(16)25(31(2,27)28)15-21(26)24(14-17-9-7-13-29-17)22-23-18-10-4-6-12-20(18)30-22/h3-6,8,10-12,17H,7,9,13-15H2,1-2H3/t17-/m0/s1. The van der Waals surface area contributed by atoms with Crippen LogP contribution < -0.4 is 9.21 Å². The van der Waals surface area contributed by atoms with E-state index >= 15 is 0 Å². The van der Waals surface area contributed by atoms with Crippen LogP contribution in [0.5, 0.6) is 0 Å². The highest BCUT2D eigenvalue weighted by atomic mass is 32.2. The molecule has 164 valence electrons. The van der Waals surface area contributed by atoms with E-state index in [-0.39, 0.29) is 18.6 Å². The second-order valence-corrected chi connectivity index (χ2v) is 10.6. The molecular weight excluding hydrogens is 434 g/mol. The molecule has 1 saturated heterocycles. The summed E-state index contributed by atoms with van der Waals surface area (Å²) >= 11 is 1.42. The van der Waals surface area contributed by atoms with Crippen LogP contribution in [-0.2, 0) is 19.6 Å². The number of amides is 1. The fourth-order valence-electron chi connectivity index (χ4n) is 3.69. The number of anilines is 2. The maximum Gasteiger partial charge on any atom is 0.249 e. The Labute approximate surface area is 186 Å². The van der Waals surface area contributed by atoms with Gasteiger partial charge < -0.3 is 4.74 Å². The monoisotopic (exact) mass is 459 g/mol. The van der Waals surface area contributed by atoms with Crippen molar-refractivity contribution < 1.29 is 17.9 Å². The van der Waals surface area contributed by atoms with Crippen molar-refractivity contribution in [3.8, 4) is 0 Å². The molecule has 0 unspecified atom stereocenters. The number of para-hydroxylation sites is 2. The number of hydrogen-bond acceptors (Lipinski definition) is 6. The van der Waals surface area contributed by atoms with Crippen molar-refractivity contribution in [3.05, 3.63) is 54.1 Å². The molecule has 0 N–H and O–H groups in total. The number of nitrogens with zero attached hydrogens (tertiary/aromatic N) is 3. The number of thiazole rings is 1. The summed E-state index contributed by atoms with van der Waals surface area (Å²) in [6.45, 7) is 2.55. The predicted octanol–water partition coefficient (Wildman–Crippen LogP) is 3.58. The normalized spacial score (nSPS) is 16.5. The van der Waals surface area contributed by atoms with E-state index < -0.39 is 10.0 Å². The second kappa shape index (κ2) is 8.94. The minimum atomic E-state index is -3.67. The fraction of sp³-hybridized carbons (Fsp3) is 0.364. The van der Waals surface area contributed by atoms with Crippen LogP contribution in [0.3, 0.4) is 0 Å². The van der Waals surface area contributed by atoms with E-state index in [1.54, 1.807) is 17.0 Å². The van der Waals surface area contributed by atoms with Gasteiger partial charge in [0.2, 0.25) is 15.9 Å². The first-order valence-corrected chi connectivity index (χ1v) is 12.8. The second-order valence-electron chi connectivity index (χ2n) is 7.66. The van der Waals surface area contributed by atoms with E-state index in [1.165, 1.54) is 15.6 Å². The highest BCUT2D eigenvalue weighted by Gasteiger charge is 2.30. The van der Waals surface area contributed by atoms with Gasteiger partial charge in [-0.1, -0.05) is 41.7 Å². The van der Waals surface area contributed by atoms with Gasteiger partial charge in [-0.15, -0.1) is 0 Å². The molecule has 9 heteroatoms. The third-order valence-electron chi connectivity index (χ3n) is 5.29. The van der Waals surface area contributed by atoms with E-state index in [0.717, 1.165) is 34.9 Å². The fourth-order valence-corrected chi connectivity index (χ4v) is 5.59. The molecule has 1 aliphatic rings. The van der Waals surface area contributed by atoms with Crippen molar-refractivity contribution >= 4 is 48.3 Å². The molecule has 0 aliphatic carbocycles. The quantitative estimate of drug-likeness (QED) is 0.540. The van der Waals surface area contributed by atoms with Gasteiger partial charge in [0.1, 0.15) is 6.54 Å². The summed E-state index contributed by atoms with van der Waals surface area (Å²) in [5, 5.41) is 0.555. The van der Waals surface area contributed by atoms with Crippen LogP contribution in [0.4, 0.5) is 10.8 Å². The smallest absolute Gasteiger partial charge is 0.249 e. The van der Waals surface area contributed by atoms with Crippen molar-refractivity contribution in [2.75, 3.05) is 35.2 Å². The van der Waals surface area contributed by atoms with Gasteiger partial charge in [-0.05, 0) is 43.5 Å². The summed E-state index contributed by atoms with van der Waals surface area (Å²) in [5.41, 5.74) is 2.10. The van der Waals surface area contributed by atoms with Crippen LogP contribution >= 0.6 is 11.3 Å². The Morgan fingerprint density at radius 3 is 2.61 bits per heavy atom. The number of carbonyl (C=O) groups is 1. The van der Waals surface area contributed by atoms with Gasteiger partial charge in [0.15, 0.2) is 5.13 Å². The number of benzene rings is 2. The van der Waals surface area contributed by atoms with E-state index in [2.05, 4.69) is 4.98 Å². The lowest BCUT2D eigenvalue weighted by molar-refractivity contribution is -0.117. The number of rotatable bonds is 7. The van der Waals surface area contributed by atoms with Gasteiger partial charge in [-0.3, -0.25) is 14.0 Å². The van der Waals surface area contributed by atoms with E-state index in [1.807, 2.05) is 43.3 Å². The molecule has 1 aromatic heterocycles. The van der Waals surface area contributed by atoms with Crippen LogP contribution in [-0.4, -0.2) is 51.4 Å². The SMILES string of the molecule is Cc1ccccc1N(CC(=O)N(C[C@@H]1CCCO1)c1nc2ccccc2s1)S(C)(=O)=O. The number of aryl methyl sites for hydroxylation is 1. The molecular formula is C22H25N3O4S2. The molecule has 1 aliphatic heterocycles. The zero-order valence-corrected chi connectivity index (χ0v) is 19.2. The lowest BCUT2D eigenvalue weighted by atomic mass is 10.2. The number of carbonyl (C=O) groups excluding carboxylic acids is 1. The Morgan fingerprint density at radius 1 is 1.19 bits per heavy atom. The highest BCUT2D eigenvalue weighted by molar-refractivity contribution is 7.92. The van der Waals surface area contributed by atoms with Crippen LogP contribution in [0.2, 0.25) is 0 Å². The van der Waals surface area contributed by atoms with E-state index in [0.29, 0.717) is 24.0 Å². The predicted molar refractivity (Wildman–Crippen MR) is 124 cm³/mol. The minimum absolute atomic E-state index is 0.0823. The Balaban J connectivity index is 1.67. The number of aromatic nitrogens is 1. The Bertz CT molecular complexity index is 1150. The molecule has 31 heavy (non-hydrogen) atoms. The van der Waals surface area contributed by atoms with Crippen LogP contribution in [0, 0.1) is 6.92 Å². The van der Waals surface area contributed by atoms with Crippen LogP contribution in [0.25, 0.3) is 10.2 Å². The molecule has 0 radical (unpaired) electrons. The summed E-state index contributed by atoms with van der Waals surface area (Å²) < 4.78 is 33.1. The Hall–Kier alpha value is -2.49. The third-order valence-corrected chi connectivity index (χ3v) is 7.47. The summed E-state index contributed by atoms with van der Waals surface area (Å²) in [7, 11) is -3.67. The number of hydrogen-bond donors (Lipinski definition) is 0. The maximum absolute atomic E-state index is 13.5. The van der Waals surface area contributed by atoms with E-state index in [4.69, 9.17) is 4.74 Å². The Kier molecular flexibility index (Phi) is 6.27. The van der Waals surface area contributed by atoms with Crippen LogP contribution in [0.1, 0.15) is 18.4 Å². The molecule has 1 atom stereocenters. The van der Waals surface area contributed by atoms with E-state index in [9.17, 15) is 13.2 Å². The minimum Gasteiger partial charge on any atom is -0.376 e. The molecule has 1 amide bonds. The first-order chi connectivity index (χ1) is 14.8. The average Bonchev–Trinajstić information content (AvgIpc) is 3.39. The Morgan fingerprint density at radius 2 is 1.94 bits per heavy atom. The zero-order valence-electron chi connectivity index (χ0n) is 17.5. The number of ether oxygens (including phenoxy) is 1. The first kappa shape index (κ1) is 21.7. The molecule has 2 heterocycles. The van der Waals surface area contributed by atoms with Crippen molar-refractivity contribution in [2.45, 2.75) is 25.9 Å². The van der Waals surface area contributed by atoms with Gasteiger partial charge in [0.25, 0.3) is 0 Å². The summed E-state index contributed by atoms with van der Waals surface area (Å²) in [4.78, 5) is 19.7. The zero-order chi connectivity index (χ0) is 22.0. The molecule has 0 bridgehead atoms. The summed E-state index contributed by atoms with van der Waals surface area (Å²) in [5.74, 6) is -0.330. The number of fused-ring (bicyclic) bond motifs is 1. The molecule has 4 rings (SSSR count). The molecule has 0 saturated carbocycles. The molecule has 0 spiro atoms. The summed E-state index contributed by atoms with van der Waals surface area (Å²) in [6, 6.07) is 14.8. The van der Waals surface area contributed by atoms with Gasteiger partial charge in [0, 0.05) is 6.61 Å². The third kappa shape index (κ3) is 4.89.